The second kappa shape index (κ2) is 4.28. The van der Waals surface area contributed by atoms with Gasteiger partial charge >= 0.3 is 0 Å². The van der Waals surface area contributed by atoms with E-state index in [0.29, 0.717) is 6.61 Å². The zero-order chi connectivity index (χ0) is 11.6. The van der Waals surface area contributed by atoms with E-state index in [1.165, 1.54) is 5.56 Å². The summed E-state index contributed by atoms with van der Waals surface area (Å²) in [6, 6.07) is 8.37. The van der Waals surface area contributed by atoms with E-state index in [4.69, 9.17) is 4.74 Å². The van der Waals surface area contributed by atoms with Gasteiger partial charge in [0.05, 0.1) is 6.61 Å². The molecule has 0 atom stereocenters. The molecule has 0 aromatic heterocycles. The first-order chi connectivity index (χ1) is 7.56. The van der Waals surface area contributed by atoms with Crippen molar-refractivity contribution >= 4 is 5.90 Å². The highest BCUT2D eigenvalue weighted by Crippen LogP contribution is 2.19. The van der Waals surface area contributed by atoms with Crippen molar-refractivity contribution in [3.05, 3.63) is 35.4 Å². The summed E-state index contributed by atoms with van der Waals surface area (Å²) in [7, 11) is 0. The zero-order valence-electron chi connectivity index (χ0n) is 10.3. The van der Waals surface area contributed by atoms with Gasteiger partial charge in [0.1, 0.15) is 0 Å². The molecule has 0 fully saturated rings. The quantitative estimate of drug-likeness (QED) is 0.708. The van der Waals surface area contributed by atoms with Crippen LogP contribution in [0.15, 0.2) is 29.3 Å². The average Bonchev–Trinajstić information content (AvgIpc) is 2.25. The van der Waals surface area contributed by atoms with E-state index in [0.717, 1.165) is 24.4 Å². The van der Waals surface area contributed by atoms with Gasteiger partial charge in [0, 0.05) is 12.1 Å². The van der Waals surface area contributed by atoms with E-state index < -0.39 is 0 Å². The summed E-state index contributed by atoms with van der Waals surface area (Å²) in [4.78, 5) is 4.47. The Hall–Kier alpha value is -1.31. The van der Waals surface area contributed by atoms with E-state index in [9.17, 15) is 0 Å². The minimum Gasteiger partial charge on any atom is -0.477 e. The molecule has 86 valence electrons. The fourth-order valence-corrected chi connectivity index (χ4v) is 1.72. The standard InChI is InChI=1S/C14H19NO/c1-14(2,3)10-16-13-12-7-5-4-6-11(12)8-9-15-13/h4-7H,8-10H2,1-3H3. The molecule has 1 aromatic rings. The monoisotopic (exact) mass is 217 g/mol. The fraction of sp³-hybridized carbons (Fsp3) is 0.500. The first-order valence-corrected chi connectivity index (χ1v) is 5.82. The molecule has 1 aliphatic heterocycles. The van der Waals surface area contributed by atoms with E-state index in [1.54, 1.807) is 0 Å². The van der Waals surface area contributed by atoms with Crippen LogP contribution in [0.2, 0.25) is 0 Å². The Morgan fingerprint density at radius 2 is 2.00 bits per heavy atom. The maximum Gasteiger partial charge on any atom is 0.216 e. The third kappa shape index (κ3) is 2.63. The molecule has 2 rings (SSSR count). The lowest BCUT2D eigenvalue weighted by Gasteiger charge is -2.22. The largest absolute Gasteiger partial charge is 0.477 e. The summed E-state index contributed by atoms with van der Waals surface area (Å²) in [6.07, 6.45) is 1.03. The van der Waals surface area contributed by atoms with Crippen LogP contribution in [0.4, 0.5) is 0 Å². The average molecular weight is 217 g/mol. The van der Waals surface area contributed by atoms with Crippen molar-refractivity contribution in [1.82, 2.24) is 0 Å². The molecule has 0 unspecified atom stereocenters. The van der Waals surface area contributed by atoms with Crippen molar-refractivity contribution in [2.45, 2.75) is 27.2 Å². The number of fused-ring (bicyclic) bond motifs is 1. The highest BCUT2D eigenvalue weighted by atomic mass is 16.5. The normalized spacial score (nSPS) is 15.3. The molecule has 0 saturated carbocycles. The van der Waals surface area contributed by atoms with E-state index in [1.807, 2.05) is 6.07 Å². The summed E-state index contributed by atoms with van der Waals surface area (Å²) in [5, 5.41) is 0. The number of rotatable bonds is 1. The third-order valence-corrected chi connectivity index (χ3v) is 2.53. The Kier molecular flexibility index (Phi) is 2.99. The number of ether oxygens (including phenoxy) is 1. The van der Waals surface area contributed by atoms with E-state index in [2.05, 4.69) is 44.0 Å². The van der Waals surface area contributed by atoms with Gasteiger partial charge in [0.2, 0.25) is 5.90 Å². The number of aliphatic imine (C=N–C) groups is 1. The van der Waals surface area contributed by atoms with Crippen LogP contribution in [-0.4, -0.2) is 19.0 Å². The molecule has 0 bridgehead atoms. The van der Waals surface area contributed by atoms with Gasteiger partial charge < -0.3 is 4.74 Å². The summed E-state index contributed by atoms with van der Waals surface area (Å²) < 4.78 is 5.82. The summed E-state index contributed by atoms with van der Waals surface area (Å²) >= 11 is 0. The van der Waals surface area contributed by atoms with Crippen LogP contribution in [0, 0.1) is 5.41 Å². The Bertz CT molecular complexity index is 401. The molecular formula is C14H19NO. The summed E-state index contributed by atoms with van der Waals surface area (Å²) in [5.41, 5.74) is 2.69. The van der Waals surface area contributed by atoms with Gasteiger partial charge in [0.25, 0.3) is 0 Å². The van der Waals surface area contributed by atoms with Crippen molar-refractivity contribution < 1.29 is 4.74 Å². The predicted octanol–water partition coefficient (Wildman–Crippen LogP) is 3.05. The van der Waals surface area contributed by atoms with Gasteiger partial charge in [-0.05, 0) is 23.5 Å². The molecule has 0 radical (unpaired) electrons. The molecule has 0 N–H and O–H groups in total. The smallest absolute Gasteiger partial charge is 0.216 e. The molecule has 0 amide bonds. The van der Waals surface area contributed by atoms with Gasteiger partial charge in [-0.2, -0.15) is 0 Å². The lowest BCUT2D eigenvalue weighted by Crippen LogP contribution is -2.22. The van der Waals surface area contributed by atoms with Gasteiger partial charge in [0.15, 0.2) is 0 Å². The Morgan fingerprint density at radius 1 is 1.25 bits per heavy atom. The van der Waals surface area contributed by atoms with Gasteiger partial charge in [-0.15, -0.1) is 0 Å². The molecule has 16 heavy (non-hydrogen) atoms. The zero-order valence-corrected chi connectivity index (χ0v) is 10.3. The summed E-state index contributed by atoms with van der Waals surface area (Å²) in [5.74, 6) is 0.816. The first kappa shape index (κ1) is 11.2. The van der Waals surface area contributed by atoms with Crippen LogP contribution in [0.25, 0.3) is 0 Å². The molecule has 2 nitrogen and oxygen atoms in total. The van der Waals surface area contributed by atoms with Crippen molar-refractivity contribution in [2.24, 2.45) is 10.4 Å². The Balaban J connectivity index is 2.14. The Morgan fingerprint density at radius 3 is 2.75 bits per heavy atom. The molecule has 2 heteroatoms. The van der Waals surface area contributed by atoms with Crippen LogP contribution in [0.3, 0.4) is 0 Å². The van der Waals surface area contributed by atoms with E-state index in [-0.39, 0.29) is 5.41 Å². The van der Waals surface area contributed by atoms with Crippen LogP contribution >= 0.6 is 0 Å². The maximum absolute atomic E-state index is 5.82. The van der Waals surface area contributed by atoms with Crippen molar-refractivity contribution in [2.75, 3.05) is 13.2 Å². The van der Waals surface area contributed by atoms with Gasteiger partial charge in [-0.1, -0.05) is 39.0 Å². The summed E-state index contributed by atoms with van der Waals surface area (Å²) in [6.45, 7) is 8.06. The van der Waals surface area contributed by atoms with Crippen molar-refractivity contribution in [3.8, 4) is 0 Å². The highest BCUT2D eigenvalue weighted by Gasteiger charge is 2.17. The lowest BCUT2D eigenvalue weighted by atomic mass is 9.98. The Labute approximate surface area is 97.4 Å². The molecule has 1 heterocycles. The predicted molar refractivity (Wildman–Crippen MR) is 67.0 cm³/mol. The number of hydrogen-bond acceptors (Lipinski definition) is 2. The van der Waals surface area contributed by atoms with Crippen molar-refractivity contribution in [1.29, 1.82) is 0 Å². The second-order valence-electron chi connectivity index (χ2n) is 5.44. The van der Waals surface area contributed by atoms with Gasteiger partial charge in [-0.25, -0.2) is 0 Å². The van der Waals surface area contributed by atoms with Crippen LogP contribution < -0.4 is 0 Å². The number of hydrogen-bond donors (Lipinski definition) is 0. The molecule has 0 saturated heterocycles. The molecule has 1 aliphatic rings. The van der Waals surface area contributed by atoms with Crippen LogP contribution in [-0.2, 0) is 11.2 Å². The van der Waals surface area contributed by atoms with E-state index >= 15 is 0 Å². The topological polar surface area (TPSA) is 21.6 Å². The minimum absolute atomic E-state index is 0.176. The van der Waals surface area contributed by atoms with Gasteiger partial charge in [-0.3, -0.25) is 4.99 Å². The molecular weight excluding hydrogens is 198 g/mol. The number of benzene rings is 1. The molecule has 1 aromatic carbocycles. The number of nitrogens with zero attached hydrogens (tertiary/aromatic N) is 1. The third-order valence-electron chi connectivity index (χ3n) is 2.53. The van der Waals surface area contributed by atoms with Crippen LogP contribution in [0.1, 0.15) is 31.9 Å². The maximum atomic E-state index is 5.82. The lowest BCUT2D eigenvalue weighted by molar-refractivity contribution is 0.187. The highest BCUT2D eigenvalue weighted by molar-refractivity contribution is 5.96. The fourth-order valence-electron chi connectivity index (χ4n) is 1.72. The van der Waals surface area contributed by atoms with Crippen LogP contribution in [0.5, 0.6) is 0 Å². The van der Waals surface area contributed by atoms with Crippen molar-refractivity contribution in [3.63, 3.8) is 0 Å². The SMILES string of the molecule is CC(C)(C)COC1=NCCc2ccccc21. The second-order valence-corrected chi connectivity index (χ2v) is 5.44. The minimum atomic E-state index is 0.176. The first-order valence-electron chi connectivity index (χ1n) is 5.82. The molecule has 0 aliphatic carbocycles. The molecule has 0 spiro atoms.